The average molecular weight is 597 g/mol. The Labute approximate surface area is 231 Å². The lowest BCUT2D eigenvalue weighted by atomic mass is 9.56. The molecule has 2 aromatic rings. The molecule has 0 aromatic heterocycles. The number of hydrogen-bond acceptors (Lipinski definition) is 9. The monoisotopic (exact) mass is 596 g/mol. The number of Topliss-reactive ketones (excluding diaryl/α,β-unsaturated/α-hetero) is 2. The van der Waals surface area contributed by atoms with Crippen LogP contribution in [0, 0.1) is 11.8 Å². The number of aliphatic hydroxyl groups excluding tert-OH is 3. The summed E-state index contributed by atoms with van der Waals surface area (Å²) in [4.78, 5) is 40.8. The van der Waals surface area contributed by atoms with Crippen LogP contribution < -0.4 is 5.73 Å². The fraction of sp³-hybridized carbons (Fsp3) is 0.250. The van der Waals surface area contributed by atoms with Gasteiger partial charge in [0.1, 0.15) is 22.8 Å². The lowest BCUT2D eigenvalue weighted by Gasteiger charge is -2.52. The number of ketones is 2. The Hall–Kier alpha value is -3.77. The van der Waals surface area contributed by atoms with Crippen molar-refractivity contribution in [2.24, 2.45) is 17.6 Å². The predicted octanol–water partition coefficient (Wildman–Crippen LogP) is 1.85. The highest BCUT2D eigenvalue weighted by molar-refractivity contribution is 9.10. The summed E-state index contributed by atoms with van der Waals surface area (Å²) in [6, 6.07) is 10.1. The number of halogens is 1. The van der Waals surface area contributed by atoms with Gasteiger partial charge in [-0.2, -0.15) is 0 Å². The molecule has 0 fully saturated rings. The first-order valence-corrected chi connectivity index (χ1v) is 12.7. The van der Waals surface area contributed by atoms with Crippen LogP contribution in [0.25, 0.3) is 11.6 Å². The Kier molecular flexibility index (Phi) is 6.30. The summed E-state index contributed by atoms with van der Waals surface area (Å²) < 4.78 is 0.810. The SMILES string of the molecule is CN(C)[C@@H]1C(O)=C(C(N)=O)C(=O)[C@@]2(O)C(O)=C3C(=O)c4c(O)cccc4/C(=C\c4ccc(Br)cc4)[C@H]3[C@H](O)[C@@H]12. The Morgan fingerprint density at radius 3 is 2.31 bits per heavy atom. The average Bonchev–Trinajstić information content (AvgIpc) is 2.86. The normalized spacial score (nSPS) is 29.4. The minimum absolute atomic E-state index is 0.186. The molecular weight excluding hydrogens is 572 g/mol. The van der Waals surface area contributed by atoms with Crippen LogP contribution in [0.4, 0.5) is 0 Å². The van der Waals surface area contributed by atoms with Crippen molar-refractivity contribution < 1.29 is 39.9 Å². The Bertz CT molecular complexity index is 1540. The quantitative estimate of drug-likeness (QED) is 0.288. The zero-order valence-corrected chi connectivity index (χ0v) is 22.4. The molecule has 10 nitrogen and oxygen atoms in total. The first kappa shape index (κ1) is 26.8. The number of hydrogen-bond donors (Lipinski definition) is 6. The third kappa shape index (κ3) is 3.69. The lowest BCUT2D eigenvalue weighted by Crippen LogP contribution is -2.68. The Morgan fingerprint density at radius 1 is 1.08 bits per heavy atom. The lowest BCUT2D eigenvalue weighted by molar-refractivity contribution is -0.159. The third-order valence-corrected chi connectivity index (χ3v) is 8.25. The smallest absolute Gasteiger partial charge is 0.255 e. The van der Waals surface area contributed by atoms with E-state index in [9.17, 15) is 39.9 Å². The predicted molar refractivity (Wildman–Crippen MR) is 143 cm³/mol. The van der Waals surface area contributed by atoms with Gasteiger partial charge in [-0.3, -0.25) is 19.3 Å². The molecule has 0 aliphatic heterocycles. The molecule has 1 amide bonds. The van der Waals surface area contributed by atoms with Crippen molar-refractivity contribution >= 4 is 45.1 Å². The van der Waals surface area contributed by atoms with Gasteiger partial charge in [-0.25, -0.2) is 0 Å². The number of nitrogens with zero attached hydrogens (tertiary/aromatic N) is 1. The van der Waals surface area contributed by atoms with Crippen LogP contribution in [0.3, 0.4) is 0 Å². The van der Waals surface area contributed by atoms with Crippen LogP contribution in [0.1, 0.15) is 21.5 Å². The molecule has 0 unspecified atom stereocenters. The van der Waals surface area contributed by atoms with Gasteiger partial charge < -0.3 is 31.3 Å². The van der Waals surface area contributed by atoms with Gasteiger partial charge in [0.05, 0.1) is 29.2 Å². The maximum absolute atomic E-state index is 13.8. The van der Waals surface area contributed by atoms with Gasteiger partial charge in [0.15, 0.2) is 11.4 Å². The van der Waals surface area contributed by atoms with E-state index in [4.69, 9.17) is 5.73 Å². The molecule has 5 atom stereocenters. The third-order valence-electron chi connectivity index (χ3n) is 7.72. The maximum Gasteiger partial charge on any atom is 0.255 e. The number of primary amides is 1. The summed E-state index contributed by atoms with van der Waals surface area (Å²) >= 11 is 3.37. The number of rotatable bonds is 3. The number of likely N-dealkylation sites (N-methyl/N-ethyl adjacent to an activating group) is 1. The maximum atomic E-state index is 13.8. The molecule has 0 radical (unpaired) electrons. The highest BCUT2D eigenvalue weighted by Gasteiger charge is 2.67. The number of aliphatic hydroxyl groups is 4. The van der Waals surface area contributed by atoms with Gasteiger partial charge in [-0.15, -0.1) is 0 Å². The van der Waals surface area contributed by atoms with E-state index in [0.29, 0.717) is 11.1 Å². The van der Waals surface area contributed by atoms with Crippen LogP contribution in [0.2, 0.25) is 0 Å². The summed E-state index contributed by atoms with van der Waals surface area (Å²) in [5.41, 5.74) is 2.02. The molecule has 5 rings (SSSR count). The van der Waals surface area contributed by atoms with E-state index in [1.54, 1.807) is 36.4 Å². The molecule has 3 aliphatic carbocycles. The first-order valence-electron chi connectivity index (χ1n) is 11.9. The van der Waals surface area contributed by atoms with E-state index in [2.05, 4.69) is 15.9 Å². The number of phenolic OH excluding ortho intramolecular Hbond substituents is 1. The second-order valence-electron chi connectivity index (χ2n) is 10.1. The Balaban J connectivity index is 1.86. The van der Waals surface area contributed by atoms with Crippen molar-refractivity contribution in [2.75, 3.05) is 14.1 Å². The number of nitrogens with two attached hydrogens (primary N) is 1. The van der Waals surface area contributed by atoms with Crippen molar-refractivity contribution in [2.45, 2.75) is 17.7 Å². The molecule has 0 saturated carbocycles. The van der Waals surface area contributed by atoms with Crippen LogP contribution in [0.15, 0.2) is 69.6 Å². The molecule has 0 spiro atoms. The zero-order valence-electron chi connectivity index (χ0n) is 20.8. The molecule has 0 bridgehead atoms. The van der Waals surface area contributed by atoms with Gasteiger partial charge in [0.25, 0.3) is 5.91 Å². The second kappa shape index (κ2) is 9.16. The van der Waals surface area contributed by atoms with Gasteiger partial charge in [0, 0.05) is 10.4 Å². The van der Waals surface area contributed by atoms with Crippen LogP contribution in [-0.4, -0.2) is 79.7 Å². The standard InChI is InChI=1S/C28H25BrN2O8/c1-31(2)21-20-23(34)17-14(10-11-6-8-12(29)9-7-11)13-4-3-5-15(32)16(13)22(33)18(17)25(36)28(20,39)26(37)19(24(21)35)27(30)38/h3-10,17,20-21,23,32,34-36,39H,1-2H3,(H2,30,38)/b14-10+/t17-,20-,21+,23+,28+/m1/s1. The van der Waals surface area contributed by atoms with E-state index in [-0.39, 0.29) is 11.1 Å². The molecule has 2 aromatic carbocycles. The number of amides is 1. The highest BCUT2D eigenvalue weighted by Crippen LogP contribution is 2.55. The summed E-state index contributed by atoms with van der Waals surface area (Å²) in [6.45, 7) is 0. The zero-order chi connectivity index (χ0) is 28.5. The number of aromatic hydroxyl groups is 1. The van der Waals surface area contributed by atoms with E-state index in [1.165, 1.54) is 31.1 Å². The first-order chi connectivity index (χ1) is 18.3. The minimum Gasteiger partial charge on any atom is -0.510 e. The minimum atomic E-state index is -2.98. The van der Waals surface area contributed by atoms with E-state index < -0.39 is 75.5 Å². The fourth-order valence-corrected chi connectivity index (χ4v) is 6.32. The molecule has 202 valence electrons. The van der Waals surface area contributed by atoms with Crippen LogP contribution in [0.5, 0.6) is 5.75 Å². The van der Waals surface area contributed by atoms with Crippen molar-refractivity contribution in [3.8, 4) is 5.75 Å². The molecule has 39 heavy (non-hydrogen) atoms. The van der Waals surface area contributed by atoms with Crippen LogP contribution in [-0.2, 0) is 9.59 Å². The topological polar surface area (TPSA) is 182 Å². The molecule has 0 saturated heterocycles. The van der Waals surface area contributed by atoms with Gasteiger partial charge in [-0.05, 0) is 49.0 Å². The number of phenols is 1. The van der Waals surface area contributed by atoms with Crippen molar-refractivity contribution in [3.63, 3.8) is 0 Å². The van der Waals surface area contributed by atoms with E-state index >= 15 is 0 Å². The van der Waals surface area contributed by atoms with E-state index in [1.807, 2.05) is 0 Å². The molecule has 3 aliphatic rings. The molecule has 0 heterocycles. The molecule has 7 N–H and O–H groups in total. The van der Waals surface area contributed by atoms with Crippen molar-refractivity contribution in [1.29, 1.82) is 0 Å². The molecule has 11 heteroatoms. The number of benzene rings is 2. The van der Waals surface area contributed by atoms with Gasteiger partial charge in [-0.1, -0.05) is 46.3 Å². The summed E-state index contributed by atoms with van der Waals surface area (Å²) in [6.07, 6.45) is -0.0577. The summed E-state index contributed by atoms with van der Waals surface area (Å²) in [5, 5.41) is 56.8. The second-order valence-corrected chi connectivity index (χ2v) is 11.0. The van der Waals surface area contributed by atoms with Gasteiger partial charge in [0.2, 0.25) is 5.78 Å². The summed E-state index contributed by atoms with van der Waals surface area (Å²) in [5.74, 6) is -8.83. The van der Waals surface area contributed by atoms with Crippen LogP contribution >= 0.6 is 15.9 Å². The fourth-order valence-electron chi connectivity index (χ4n) is 6.05. The molecular formula is C28H25BrN2O8. The summed E-state index contributed by atoms with van der Waals surface area (Å²) in [7, 11) is 2.97. The van der Waals surface area contributed by atoms with Gasteiger partial charge >= 0.3 is 0 Å². The van der Waals surface area contributed by atoms with E-state index in [0.717, 1.165) is 4.47 Å². The van der Waals surface area contributed by atoms with Crippen molar-refractivity contribution in [3.05, 3.63) is 86.3 Å². The highest BCUT2D eigenvalue weighted by atomic mass is 79.9. The van der Waals surface area contributed by atoms with Crippen molar-refractivity contribution in [1.82, 2.24) is 4.90 Å². The number of carbonyl (C=O) groups is 3. The Morgan fingerprint density at radius 2 is 1.72 bits per heavy atom. The number of fused-ring (bicyclic) bond motifs is 3. The number of carbonyl (C=O) groups excluding carboxylic acids is 3. The largest absolute Gasteiger partial charge is 0.510 e.